The largest absolute Gasteiger partial charge is 0.349 e. The summed E-state index contributed by atoms with van der Waals surface area (Å²) in [5, 5.41) is 2.95. The molecule has 3 unspecified atom stereocenters. The van der Waals surface area contributed by atoms with Crippen molar-refractivity contribution in [2.45, 2.75) is 45.7 Å². The van der Waals surface area contributed by atoms with Gasteiger partial charge in [-0.2, -0.15) is 0 Å². The van der Waals surface area contributed by atoms with Gasteiger partial charge >= 0.3 is 0 Å². The van der Waals surface area contributed by atoms with Gasteiger partial charge in [-0.25, -0.2) is 0 Å². The highest BCUT2D eigenvalue weighted by Crippen LogP contribution is 2.29. The second-order valence-electron chi connectivity index (χ2n) is 7.08. The molecule has 2 fully saturated rings. The number of amides is 3. The molecule has 25 heavy (non-hydrogen) atoms. The summed E-state index contributed by atoms with van der Waals surface area (Å²) in [5.74, 6) is 1.04. The van der Waals surface area contributed by atoms with E-state index in [4.69, 9.17) is 0 Å². The van der Waals surface area contributed by atoms with Gasteiger partial charge in [-0.15, -0.1) is 0 Å². The minimum Gasteiger partial charge on any atom is -0.349 e. The number of rotatable bonds is 4. The number of hydrogen-bond acceptors (Lipinski definition) is 4. The maximum absolute atomic E-state index is 12.6. The van der Waals surface area contributed by atoms with Crippen LogP contribution in [0.5, 0.6) is 0 Å². The van der Waals surface area contributed by atoms with Crippen LogP contribution in [0.3, 0.4) is 0 Å². The first kappa shape index (κ1) is 18.0. The van der Waals surface area contributed by atoms with Crippen LogP contribution in [-0.4, -0.2) is 33.7 Å². The molecule has 3 rings (SSSR count). The minimum atomic E-state index is -0.218. The molecule has 1 N–H and O–H groups in total. The Kier molecular flexibility index (Phi) is 5.47. The number of nitrogens with one attached hydrogen (secondary N) is 1. The van der Waals surface area contributed by atoms with E-state index in [1.54, 1.807) is 18.2 Å². The molecule has 0 radical (unpaired) electrons. The number of carbonyl (C=O) groups is 3. The zero-order valence-corrected chi connectivity index (χ0v) is 15.5. The molecule has 2 aliphatic rings. The molecule has 1 aromatic carbocycles. The Hall–Kier alpha value is -1.82. The zero-order valence-electron chi connectivity index (χ0n) is 14.7. The van der Waals surface area contributed by atoms with E-state index in [9.17, 15) is 14.4 Å². The van der Waals surface area contributed by atoms with E-state index in [2.05, 4.69) is 19.2 Å². The number of nitrogens with zero attached hydrogens (tertiary/aromatic N) is 1. The third-order valence-corrected chi connectivity index (χ3v) is 6.25. The van der Waals surface area contributed by atoms with Crippen LogP contribution in [-0.2, 0) is 11.3 Å². The zero-order chi connectivity index (χ0) is 18.0. The van der Waals surface area contributed by atoms with Crippen LogP contribution in [0.1, 0.15) is 49.0 Å². The highest BCUT2D eigenvalue weighted by Gasteiger charge is 2.30. The summed E-state index contributed by atoms with van der Waals surface area (Å²) >= 11 is 1.03. The molecule has 0 bridgehead atoms. The average molecular weight is 360 g/mol. The van der Waals surface area contributed by atoms with Crippen LogP contribution in [0.4, 0.5) is 4.79 Å². The Bertz CT molecular complexity index is 675. The molecular formula is C19H24N2O3S. The molecule has 1 aliphatic carbocycles. The second-order valence-corrected chi connectivity index (χ2v) is 8.01. The van der Waals surface area contributed by atoms with E-state index in [0.29, 0.717) is 17.4 Å². The molecule has 1 saturated heterocycles. The van der Waals surface area contributed by atoms with E-state index in [1.807, 2.05) is 6.07 Å². The Morgan fingerprint density at radius 1 is 1.28 bits per heavy atom. The van der Waals surface area contributed by atoms with Gasteiger partial charge in [-0.05, 0) is 36.0 Å². The van der Waals surface area contributed by atoms with Crippen molar-refractivity contribution >= 4 is 28.8 Å². The maximum Gasteiger partial charge on any atom is 0.289 e. The Morgan fingerprint density at radius 2 is 2.08 bits per heavy atom. The normalized spacial score (nSPS) is 26.8. The van der Waals surface area contributed by atoms with Crippen LogP contribution < -0.4 is 5.32 Å². The van der Waals surface area contributed by atoms with E-state index in [-0.39, 0.29) is 35.4 Å². The third-order valence-electron chi connectivity index (χ3n) is 5.39. The SMILES string of the molecule is CC1CCCC(NC(=O)c2cccc(CN3C(=O)CSC3=O)c2)C1C. The van der Waals surface area contributed by atoms with Crippen molar-refractivity contribution in [3.05, 3.63) is 35.4 Å². The van der Waals surface area contributed by atoms with Crippen molar-refractivity contribution in [2.75, 3.05) is 5.75 Å². The first-order valence-corrected chi connectivity index (χ1v) is 9.81. The summed E-state index contributed by atoms with van der Waals surface area (Å²) in [7, 11) is 0. The van der Waals surface area contributed by atoms with Gasteiger partial charge in [-0.3, -0.25) is 19.3 Å². The second kappa shape index (κ2) is 7.60. The molecule has 1 heterocycles. The van der Waals surface area contributed by atoms with Gasteiger partial charge in [0.25, 0.3) is 11.1 Å². The summed E-state index contributed by atoms with van der Waals surface area (Å²) in [6, 6.07) is 7.40. The first-order chi connectivity index (χ1) is 12.0. The van der Waals surface area contributed by atoms with Crippen molar-refractivity contribution < 1.29 is 14.4 Å². The third kappa shape index (κ3) is 4.06. The van der Waals surface area contributed by atoms with Crippen LogP contribution in [0.15, 0.2) is 24.3 Å². The Labute approximate surface area is 152 Å². The van der Waals surface area contributed by atoms with Gasteiger partial charge in [0.05, 0.1) is 12.3 Å². The van der Waals surface area contributed by atoms with Crippen LogP contribution in [0, 0.1) is 11.8 Å². The predicted octanol–water partition coefficient (Wildman–Crippen LogP) is 3.44. The summed E-state index contributed by atoms with van der Waals surface area (Å²) in [4.78, 5) is 37.3. The van der Waals surface area contributed by atoms with E-state index in [1.165, 1.54) is 11.3 Å². The molecule has 1 aliphatic heterocycles. The van der Waals surface area contributed by atoms with Gasteiger partial charge in [-0.1, -0.05) is 50.6 Å². The molecule has 1 aromatic rings. The molecule has 134 valence electrons. The lowest BCUT2D eigenvalue weighted by molar-refractivity contribution is -0.125. The fourth-order valence-corrected chi connectivity index (χ4v) is 4.29. The lowest BCUT2D eigenvalue weighted by Gasteiger charge is -2.34. The van der Waals surface area contributed by atoms with E-state index < -0.39 is 0 Å². The van der Waals surface area contributed by atoms with Crippen molar-refractivity contribution in [3.8, 4) is 0 Å². The van der Waals surface area contributed by atoms with Crippen LogP contribution >= 0.6 is 11.8 Å². The molecule has 3 atom stereocenters. The lowest BCUT2D eigenvalue weighted by atomic mass is 9.78. The highest BCUT2D eigenvalue weighted by molar-refractivity contribution is 8.14. The molecular weight excluding hydrogens is 336 g/mol. The van der Waals surface area contributed by atoms with Crippen molar-refractivity contribution in [2.24, 2.45) is 11.8 Å². The summed E-state index contributed by atoms with van der Waals surface area (Å²) < 4.78 is 0. The van der Waals surface area contributed by atoms with Crippen molar-refractivity contribution in [1.82, 2.24) is 10.2 Å². The standard InChI is InChI=1S/C19H24N2O3S/c1-12-5-3-8-16(13(12)2)20-18(23)15-7-4-6-14(9-15)10-21-17(22)11-25-19(21)24/h4,6-7,9,12-13,16H,3,5,8,10-11H2,1-2H3,(H,20,23). The minimum absolute atomic E-state index is 0.0822. The predicted molar refractivity (Wildman–Crippen MR) is 98.3 cm³/mol. The summed E-state index contributed by atoms with van der Waals surface area (Å²) in [6.07, 6.45) is 3.39. The molecule has 6 heteroatoms. The number of carbonyl (C=O) groups excluding carboxylic acids is 3. The van der Waals surface area contributed by atoms with E-state index >= 15 is 0 Å². The van der Waals surface area contributed by atoms with Crippen LogP contribution in [0.2, 0.25) is 0 Å². The fraction of sp³-hybridized carbons (Fsp3) is 0.526. The smallest absolute Gasteiger partial charge is 0.289 e. The molecule has 0 spiro atoms. The maximum atomic E-state index is 12.6. The number of imide groups is 1. The molecule has 0 aromatic heterocycles. The number of hydrogen-bond donors (Lipinski definition) is 1. The summed E-state index contributed by atoms with van der Waals surface area (Å²) in [5.41, 5.74) is 1.37. The Balaban J connectivity index is 1.67. The van der Waals surface area contributed by atoms with Gasteiger partial charge in [0, 0.05) is 11.6 Å². The number of benzene rings is 1. The van der Waals surface area contributed by atoms with Gasteiger partial charge < -0.3 is 5.32 Å². The first-order valence-electron chi connectivity index (χ1n) is 8.82. The van der Waals surface area contributed by atoms with Gasteiger partial charge in [0.1, 0.15) is 0 Å². The molecule has 1 saturated carbocycles. The van der Waals surface area contributed by atoms with Crippen molar-refractivity contribution in [3.63, 3.8) is 0 Å². The van der Waals surface area contributed by atoms with Crippen molar-refractivity contribution in [1.29, 1.82) is 0 Å². The highest BCUT2D eigenvalue weighted by atomic mass is 32.2. The average Bonchev–Trinajstić information content (AvgIpc) is 2.91. The van der Waals surface area contributed by atoms with E-state index in [0.717, 1.165) is 30.2 Å². The quantitative estimate of drug-likeness (QED) is 0.893. The number of thioether (sulfide) groups is 1. The topological polar surface area (TPSA) is 66.5 Å². The Morgan fingerprint density at radius 3 is 2.80 bits per heavy atom. The molecule has 5 nitrogen and oxygen atoms in total. The van der Waals surface area contributed by atoms with Gasteiger partial charge in [0.2, 0.25) is 5.91 Å². The summed E-state index contributed by atoms with van der Waals surface area (Å²) in [6.45, 7) is 4.67. The van der Waals surface area contributed by atoms with Gasteiger partial charge in [0.15, 0.2) is 0 Å². The lowest BCUT2D eigenvalue weighted by Crippen LogP contribution is -2.43. The monoisotopic (exact) mass is 360 g/mol. The molecule has 3 amide bonds. The fourth-order valence-electron chi connectivity index (χ4n) is 3.56. The van der Waals surface area contributed by atoms with Crippen LogP contribution in [0.25, 0.3) is 0 Å².